The van der Waals surface area contributed by atoms with Crippen LogP contribution in [-0.4, -0.2) is 26.7 Å². The maximum absolute atomic E-state index is 5.94. The average molecular weight is 247 g/mol. The molecule has 0 bridgehead atoms. The lowest BCUT2D eigenvalue weighted by Crippen LogP contribution is -2.28. The molecule has 4 heteroatoms. The van der Waals surface area contributed by atoms with Gasteiger partial charge in [-0.3, -0.25) is 0 Å². The minimum Gasteiger partial charge on any atom is -0.373 e. The van der Waals surface area contributed by atoms with Crippen LogP contribution < -0.4 is 10.2 Å². The number of likely N-dealkylation sites (N-methyl/N-ethyl adjacent to an activating group) is 2. The summed E-state index contributed by atoms with van der Waals surface area (Å²) >= 11 is 11.8. The van der Waals surface area contributed by atoms with Crippen LogP contribution in [0.4, 0.5) is 5.69 Å². The number of anilines is 1. The Bertz CT molecular complexity index is 315. The van der Waals surface area contributed by atoms with E-state index in [1.54, 1.807) is 0 Å². The zero-order valence-electron chi connectivity index (χ0n) is 9.06. The molecular weight excluding hydrogens is 231 g/mol. The first kappa shape index (κ1) is 12.6. The molecule has 0 unspecified atom stereocenters. The van der Waals surface area contributed by atoms with E-state index in [2.05, 4.69) is 17.1 Å². The van der Waals surface area contributed by atoms with Crippen molar-refractivity contribution in [3.63, 3.8) is 0 Å². The van der Waals surface area contributed by atoms with E-state index in [1.165, 1.54) is 0 Å². The molecule has 1 rings (SSSR count). The first-order chi connectivity index (χ1) is 7.15. The van der Waals surface area contributed by atoms with Crippen molar-refractivity contribution >= 4 is 28.9 Å². The highest BCUT2D eigenvalue weighted by Crippen LogP contribution is 2.26. The zero-order valence-corrected chi connectivity index (χ0v) is 10.6. The maximum atomic E-state index is 5.94. The molecule has 1 aromatic carbocycles. The summed E-state index contributed by atoms with van der Waals surface area (Å²) in [6.07, 6.45) is 0. The quantitative estimate of drug-likeness (QED) is 0.804. The molecule has 0 fully saturated rings. The van der Waals surface area contributed by atoms with Crippen molar-refractivity contribution in [2.24, 2.45) is 0 Å². The first-order valence-corrected chi connectivity index (χ1v) is 5.77. The average Bonchev–Trinajstić information content (AvgIpc) is 2.22. The van der Waals surface area contributed by atoms with Gasteiger partial charge < -0.3 is 10.2 Å². The third-order valence-corrected chi connectivity index (χ3v) is 2.96. The van der Waals surface area contributed by atoms with Gasteiger partial charge in [0.25, 0.3) is 0 Å². The van der Waals surface area contributed by atoms with Crippen molar-refractivity contribution in [2.75, 3.05) is 31.6 Å². The molecule has 0 heterocycles. The van der Waals surface area contributed by atoms with E-state index in [1.807, 2.05) is 25.2 Å². The molecule has 0 aromatic heterocycles. The van der Waals surface area contributed by atoms with Gasteiger partial charge in [-0.2, -0.15) is 0 Å². The SMILES string of the molecule is CCNCCN(C)c1ccc(Cl)c(Cl)c1. The highest BCUT2D eigenvalue weighted by molar-refractivity contribution is 6.42. The van der Waals surface area contributed by atoms with Crippen molar-refractivity contribution in [3.05, 3.63) is 28.2 Å². The fourth-order valence-electron chi connectivity index (χ4n) is 1.28. The van der Waals surface area contributed by atoms with Crippen LogP contribution in [0.25, 0.3) is 0 Å². The second-order valence-electron chi connectivity index (χ2n) is 3.37. The monoisotopic (exact) mass is 246 g/mol. The standard InChI is InChI=1S/C11H16Cl2N2/c1-3-14-6-7-15(2)9-4-5-10(12)11(13)8-9/h4-5,8,14H,3,6-7H2,1-2H3. The maximum Gasteiger partial charge on any atom is 0.0612 e. The highest BCUT2D eigenvalue weighted by atomic mass is 35.5. The summed E-state index contributed by atoms with van der Waals surface area (Å²) in [5.41, 5.74) is 1.09. The molecule has 84 valence electrons. The molecule has 0 aliphatic heterocycles. The molecule has 1 aromatic rings. The lowest BCUT2D eigenvalue weighted by atomic mass is 10.3. The Kier molecular flexibility index (Phi) is 5.23. The number of rotatable bonds is 5. The summed E-state index contributed by atoms with van der Waals surface area (Å²) < 4.78 is 0. The molecule has 0 saturated heterocycles. The minimum atomic E-state index is 0.598. The van der Waals surface area contributed by atoms with E-state index in [9.17, 15) is 0 Å². The summed E-state index contributed by atoms with van der Waals surface area (Å²) in [7, 11) is 2.04. The molecule has 15 heavy (non-hydrogen) atoms. The van der Waals surface area contributed by atoms with Crippen LogP contribution in [0.2, 0.25) is 10.0 Å². The fraction of sp³-hybridized carbons (Fsp3) is 0.455. The number of halogens is 2. The second-order valence-corrected chi connectivity index (χ2v) is 4.19. The lowest BCUT2D eigenvalue weighted by molar-refractivity contribution is 0.706. The van der Waals surface area contributed by atoms with Crippen molar-refractivity contribution in [3.8, 4) is 0 Å². The Morgan fingerprint density at radius 2 is 2.00 bits per heavy atom. The Morgan fingerprint density at radius 1 is 1.27 bits per heavy atom. The van der Waals surface area contributed by atoms with E-state index in [0.29, 0.717) is 10.0 Å². The Hall–Kier alpha value is -0.440. The fourth-order valence-corrected chi connectivity index (χ4v) is 1.57. The van der Waals surface area contributed by atoms with Crippen molar-refractivity contribution < 1.29 is 0 Å². The van der Waals surface area contributed by atoms with E-state index in [-0.39, 0.29) is 0 Å². The van der Waals surface area contributed by atoms with Gasteiger partial charge in [-0.25, -0.2) is 0 Å². The molecule has 0 amide bonds. The second kappa shape index (κ2) is 6.21. The van der Waals surface area contributed by atoms with Gasteiger partial charge in [0.1, 0.15) is 0 Å². The van der Waals surface area contributed by atoms with Gasteiger partial charge in [0.2, 0.25) is 0 Å². The number of nitrogens with one attached hydrogen (secondary N) is 1. The molecule has 0 saturated carbocycles. The Balaban J connectivity index is 2.57. The number of hydrogen-bond acceptors (Lipinski definition) is 2. The van der Waals surface area contributed by atoms with Gasteiger partial charge in [0, 0.05) is 25.8 Å². The summed E-state index contributed by atoms with van der Waals surface area (Å²) in [6, 6.07) is 5.68. The molecule has 0 radical (unpaired) electrons. The lowest BCUT2D eigenvalue weighted by Gasteiger charge is -2.19. The van der Waals surface area contributed by atoms with Crippen LogP contribution >= 0.6 is 23.2 Å². The smallest absolute Gasteiger partial charge is 0.0612 e. The topological polar surface area (TPSA) is 15.3 Å². The van der Waals surface area contributed by atoms with E-state index in [0.717, 1.165) is 25.3 Å². The van der Waals surface area contributed by atoms with Crippen LogP contribution in [-0.2, 0) is 0 Å². The van der Waals surface area contributed by atoms with Gasteiger partial charge in [-0.15, -0.1) is 0 Å². The summed E-state index contributed by atoms with van der Waals surface area (Å²) in [6.45, 7) is 5.01. The molecule has 1 N–H and O–H groups in total. The van der Waals surface area contributed by atoms with Crippen LogP contribution in [0, 0.1) is 0 Å². The van der Waals surface area contributed by atoms with Gasteiger partial charge in [0.05, 0.1) is 10.0 Å². The zero-order chi connectivity index (χ0) is 11.3. The van der Waals surface area contributed by atoms with Crippen LogP contribution in [0.15, 0.2) is 18.2 Å². The summed E-state index contributed by atoms with van der Waals surface area (Å²) in [5.74, 6) is 0. The predicted molar refractivity (Wildman–Crippen MR) is 68.3 cm³/mol. The van der Waals surface area contributed by atoms with Crippen molar-refractivity contribution in [1.29, 1.82) is 0 Å². The van der Waals surface area contributed by atoms with Crippen molar-refractivity contribution in [2.45, 2.75) is 6.92 Å². The van der Waals surface area contributed by atoms with Crippen molar-refractivity contribution in [1.82, 2.24) is 5.32 Å². The Morgan fingerprint density at radius 3 is 2.60 bits per heavy atom. The third-order valence-electron chi connectivity index (χ3n) is 2.22. The van der Waals surface area contributed by atoms with Gasteiger partial charge in [-0.05, 0) is 24.7 Å². The normalized spacial score (nSPS) is 10.4. The largest absolute Gasteiger partial charge is 0.373 e. The van der Waals surface area contributed by atoms with Crippen LogP contribution in [0.3, 0.4) is 0 Å². The number of nitrogens with zero attached hydrogens (tertiary/aromatic N) is 1. The molecule has 0 aliphatic rings. The molecule has 0 aliphatic carbocycles. The predicted octanol–water partition coefficient (Wildman–Crippen LogP) is 3.04. The van der Waals surface area contributed by atoms with E-state index >= 15 is 0 Å². The third kappa shape index (κ3) is 3.90. The van der Waals surface area contributed by atoms with E-state index < -0.39 is 0 Å². The van der Waals surface area contributed by atoms with Gasteiger partial charge in [-0.1, -0.05) is 30.1 Å². The number of benzene rings is 1. The highest BCUT2D eigenvalue weighted by Gasteiger charge is 2.03. The molecule has 0 spiro atoms. The molecule has 0 atom stereocenters. The van der Waals surface area contributed by atoms with Crippen LogP contribution in [0.1, 0.15) is 6.92 Å². The first-order valence-electron chi connectivity index (χ1n) is 5.02. The molecule has 2 nitrogen and oxygen atoms in total. The minimum absolute atomic E-state index is 0.598. The number of hydrogen-bond donors (Lipinski definition) is 1. The molecular formula is C11H16Cl2N2. The summed E-state index contributed by atoms with van der Waals surface area (Å²) in [4.78, 5) is 2.14. The van der Waals surface area contributed by atoms with Gasteiger partial charge in [0.15, 0.2) is 0 Å². The Labute approximate surface area is 101 Å². The van der Waals surface area contributed by atoms with E-state index in [4.69, 9.17) is 23.2 Å². The van der Waals surface area contributed by atoms with Crippen LogP contribution in [0.5, 0.6) is 0 Å². The van der Waals surface area contributed by atoms with Gasteiger partial charge >= 0.3 is 0 Å². The summed E-state index contributed by atoms with van der Waals surface area (Å²) in [5, 5.41) is 4.47.